The molecule has 0 aromatic heterocycles. The molecule has 0 saturated heterocycles. The van der Waals surface area contributed by atoms with Gasteiger partial charge in [-0.15, -0.1) is 0 Å². The number of amides is 2. The molecule has 8 heteroatoms. The summed E-state index contributed by atoms with van der Waals surface area (Å²) in [6.45, 7) is 1.60. The number of para-hydroxylation sites is 1. The Morgan fingerprint density at radius 3 is 2.47 bits per heavy atom. The third-order valence-corrected chi connectivity index (χ3v) is 6.67. The van der Waals surface area contributed by atoms with E-state index in [9.17, 15) is 24.6 Å². The van der Waals surface area contributed by atoms with Crippen molar-refractivity contribution in [3.63, 3.8) is 0 Å². The van der Waals surface area contributed by atoms with Gasteiger partial charge in [-0.25, -0.2) is 0 Å². The number of nitrogens with zero attached hydrogens (tertiary/aromatic N) is 1. The van der Waals surface area contributed by atoms with Crippen molar-refractivity contribution in [2.45, 2.75) is 56.9 Å². The second kappa shape index (κ2) is 11.5. The maximum absolute atomic E-state index is 13.4. The number of benzene rings is 2. The van der Waals surface area contributed by atoms with Gasteiger partial charge in [0.25, 0.3) is 0 Å². The average Bonchev–Trinajstić information content (AvgIpc) is 3.27. The number of hydrogen-bond acceptors (Lipinski definition) is 6. The number of nitrogens with one attached hydrogen (secondary N) is 1. The Labute approximate surface area is 210 Å². The summed E-state index contributed by atoms with van der Waals surface area (Å²) in [5.74, 6) is -0.491. The molecule has 4 atom stereocenters. The van der Waals surface area contributed by atoms with E-state index in [1.165, 1.54) is 6.92 Å². The molecule has 0 unspecified atom stereocenters. The Morgan fingerprint density at radius 2 is 1.75 bits per heavy atom. The van der Waals surface area contributed by atoms with Gasteiger partial charge in [-0.3, -0.25) is 9.59 Å². The highest BCUT2D eigenvalue weighted by Gasteiger charge is 2.50. The highest BCUT2D eigenvalue weighted by Crippen LogP contribution is 2.47. The van der Waals surface area contributed by atoms with Gasteiger partial charge in [0.15, 0.2) is 0 Å². The largest absolute Gasteiger partial charge is 0.486 e. The molecule has 2 amide bonds. The Morgan fingerprint density at radius 1 is 1.03 bits per heavy atom. The van der Waals surface area contributed by atoms with Crippen LogP contribution in [0.3, 0.4) is 0 Å². The van der Waals surface area contributed by atoms with Crippen molar-refractivity contribution >= 4 is 17.6 Å². The molecular formula is C28H32N2O6. The zero-order valence-electron chi connectivity index (χ0n) is 20.3. The molecule has 8 nitrogen and oxygen atoms in total. The molecule has 0 fully saturated rings. The highest BCUT2D eigenvalue weighted by molar-refractivity contribution is 5.96. The molecule has 0 spiro atoms. The lowest BCUT2D eigenvalue weighted by Crippen LogP contribution is -2.55. The number of hydrogen-bond donors (Lipinski definition) is 3. The standard InChI is InChI=1S/C28H32N2O6/c1-18(32)8-7-13-24(33)30(17-19-9-3-2-4-10-19)22-16-21(28(35)29-14-15-31)25-20-11-5-6-12-23(20)36-27(25)26(22)34/h2-6,9-12,16,22,25-27,31,34H,7-8,13-15,17H2,1H3,(H,29,35)/t22-,25+,26+,27+/m1/s1. The Kier molecular flexibility index (Phi) is 8.18. The molecule has 36 heavy (non-hydrogen) atoms. The summed E-state index contributed by atoms with van der Waals surface area (Å²) in [6.07, 6.45) is 0.670. The predicted octanol–water partition coefficient (Wildman–Crippen LogP) is 2.10. The normalized spacial score (nSPS) is 22.0. The lowest BCUT2D eigenvalue weighted by Gasteiger charge is -2.41. The van der Waals surface area contributed by atoms with Gasteiger partial charge in [-0.2, -0.15) is 0 Å². The zero-order valence-corrected chi connectivity index (χ0v) is 20.3. The minimum Gasteiger partial charge on any atom is -0.486 e. The maximum Gasteiger partial charge on any atom is 0.247 e. The summed E-state index contributed by atoms with van der Waals surface area (Å²) < 4.78 is 6.13. The fraction of sp³-hybridized carbons (Fsp3) is 0.393. The number of carbonyl (C=O) groups excluding carboxylic acids is 3. The molecular weight excluding hydrogens is 460 g/mol. The number of ketones is 1. The number of aliphatic hydroxyl groups excluding tert-OH is 2. The maximum atomic E-state index is 13.4. The van der Waals surface area contributed by atoms with Crippen LogP contribution in [0, 0.1) is 0 Å². The molecule has 2 aliphatic rings. The van der Waals surface area contributed by atoms with Crippen LogP contribution in [0.15, 0.2) is 66.2 Å². The molecule has 3 N–H and O–H groups in total. The molecule has 0 radical (unpaired) electrons. The molecule has 0 saturated carbocycles. The van der Waals surface area contributed by atoms with Gasteiger partial charge in [-0.1, -0.05) is 48.5 Å². The average molecular weight is 493 g/mol. The summed E-state index contributed by atoms with van der Waals surface area (Å²) >= 11 is 0. The first kappa shape index (κ1) is 25.6. The lowest BCUT2D eigenvalue weighted by atomic mass is 9.77. The SMILES string of the molecule is CC(=O)CCCC(=O)N(Cc1ccccc1)[C@@H]1C=C(C(=O)NCCO)[C@@H]2c3ccccc3O[C@@H]2[C@H]1O. The monoisotopic (exact) mass is 492 g/mol. The van der Waals surface area contributed by atoms with Crippen molar-refractivity contribution < 1.29 is 29.3 Å². The van der Waals surface area contributed by atoms with Crippen molar-refractivity contribution in [3.05, 3.63) is 77.4 Å². The summed E-state index contributed by atoms with van der Waals surface area (Å²) in [5.41, 5.74) is 2.07. The van der Waals surface area contributed by atoms with E-state index in [1.807, 2.05) is 48.5 Å². The third kappa shape index (κ3) is 5.50. The Bertz CT molecular complexity index is 1130. The number of Topliss-reactive ketones (excluding diaryl/α,β-unsaturated/α-hetero) is 1. The van der Waals surface area contributed by atoms with Crippen LogP contribution in [0.5, 0.6) is 5.75 Å². The van der Waals surface area contributed by atoms with Gasteiger partial charge in [0.1, 0.15) is 23.7 Å². The minimum atomic E-state index is -1.09. The van der Waals surface area contributed by atoms with Gasteiger partial charge >= 0.3 is 0 Å². The first-order chi connectivity index (χ1) is 17.4. The van der Waals surface area contributed by atoms with Crippen LogP contribution in [0.4, 0.5) is 0 Å². The smallest absolute Gasteiger partial charge is 0.247 e. The Hall–Kier alpha value is -3.49. The van der Waals surface area contributed by atoms with Crippen LogP contribution in [-0.2, 0) is 20.9 Å². The lowest BCUT2D eigenvalue weighted by molar-refractivity contribution is -0.138. The molecule has 190 valence electrons. The third-order valence-electron chi connectivity index (χ3n) is 6.67. The van der Waals surface area contributed by atoms with E-state index >= 15 is 0 Å². The van der Waals surface area contributed by atoms with Crippen molar-refractivity contribution in [1.82, 2.24) is 10.2 Å². The van der Waals surface area contributed by atoms with Crippen LogP contribution in [-0.4, -0.2) is 64.1 Å². The number of carbonyl (C=O) groups is 3. The first-order valence-corrected chi connectivity index (χ1v) is 12.3. The molecule has 1 aliphatic carbocycles. The van der Waals surface area contributed by atoms with Crippen molar-refractivity contribution in [2.75, 3.05) is 13.2 Å². The van der Waals surface area contributed by atoms with Crippen LogP contribution >= 0.6 is 0 Å². The van der Waals surface area contributed by atoms with E-state index in [2.05, 4.69) is 5.32 Å². The second-order valence-electron chi connectivity index (χ2n) is 9.24. The van der Waals surface area contributed by atoms with E-state index in [0.717, 1.165) is 11.1 Å². The topological polar surface area (TPSA) is 116 Å². The van der Waals surface area contributed by atoms with Gasteiger partial charge in [-0.05, 0) is 31.1 Å². The highest BCUT2D eigenvalue weighted by atomic mass is 16.5. The fourth-order valence-electron chi connectivity index (χ4n) is 4.96. The van der Waals surface area contributed by atoms with Crippen molar-refractivity contribution in [2.24, 2.45) is 0 Å². The molecule has 0 bridgehead atoms. The second-order valence-corrected chi connectivity index (χ2v) is 9.24. The zero-order chi connectivity index (χ0) is 25.7. The number of ether oxygens (including phenoxy) is 1. The quantitative estimate of drug-likeness (QED) is 0.468. The van der Waals surface area contributed by atoms with Gasteiger partial charge in [0, 0.05) is 37.1 Å². The number of aliphatic hydroxyl groups is 2. The summed E-state index contributed by atoms with van der Waals surface area (Å²) in [6, 6.07) is 16.0. The molecule has 2 aromatic carbocycles. The predicted molar refractivity (Wildman–Crippen MR) is 133 cm³/mol. The van der Waals surface area contributed by atoms with Crippen molar-refractivity contribution in [1.29, 1.82) is 0 Å². The van der Waals surface area contributed by atoms with Crippen molar-refractivity contribution in [3.8, 4) is 5.75 Å². The molecule has 2 aromatic rings. The summed E-state index contributed by atoms with van der Waals surface area (Å²) in [5, 5.41) is 23.4. The number of fused-ring (bicyclic) bond motifs is 3. The van der Waals surface area contributed by atoms with Crippen LogP contribution in [0.1, 0.15) is 43.2 Å². The molecule has 1 heterocycles. The van der Waals surface area contributed by atoms with Crippen LogP contribution in [0.2, 0.25) is 0 Å². The van der Waals surface area contributed by atoms with Gasteiger partial charge < -0.3 is 30.0 Å². The van der Waals surface area contributed by atoms with E-state index < -0.39 is 24.2 Å². The summed E-state index contributed by atoms with van der Waals surface area (Å²) in [4.78, 5) is 39.6. The van der Waals surface area contributed by atoms with Crippen LogP contribution < -0.4 is 10.1 Å². The van der Waals surface area contributed by atoms with Gasteiger partial charge in [0.05, 0.1) is 18.6 Å². The number of rotatable bonds is 10. The molecule has 4 rings (SSSR count). The van der Waals surface area contributed by atoms with E-state index in [0.29, 0.717) is 24.2 Å². The van der Waals surface area contributed by atoms with Crippen LogP contribution in [0.25, 0.3) is 0 Å². The Balaban J connectivity index is 1.71. The summed E-state index contributed by atoms with van der Waals surface area (Å²) in [7, 11) is 0. The van der Waals surface area contributed by atoms with E-state index in [-0.39, 0.29) is 43.7 Å². The van der Waals surface area contributed by atoms with Gasteiger partial charge in [0.2, 0.25) is 11.8 Å². The first-order valence-electron chi connectivity index (χ1n) is 12.3. The fourth-order valence-corrected chi connectivity index (χ4v) is 4.96. The van der Waals surface area contributed by atoms with E-state index in [4.69, 9.17) is 4.74 Å². The minimum absolute atomic E-state index is 0.0119. The molecule has 1 aliphatic heterocycles. The van der Waals surface area contributed by atoms with E-state index in [1.54, 1.807) is 17.0 Å².